The van der Waals surface area contributed by atoms with Gasteiger partial charge < -0.3 is 10.2 Å². The van der Waals surface area contributed by atoms with Crippen LogP contribution >= 0.6 is 15.9 Å². The van der Waals surface area contributed by atoms with E-state index in [-0.39, 0.29) is 6.42 Å². The van der Waals surface area contributed by atoms with Crippen molar-refractivity contribution < 1.29 is 19.8 Å². The van der Waals surface area contributed by atoms with Gasteiger partial charge in [-0.3, -0.25) is 9.59 Å². The summed E-state index contributed by atoms with van der Waals surface area (Å²) in [6.07, 6.45) is -0.124. The predicted octanol–water partition coefficient (Wildman–Crippen LogP) is 2.26. The van der Waals surface area contributed by atoms with E-state index in [1.807, 2.05) is 0 Å². The molecule has 0 aliphatic carbocycles. The highest BCUT2D eigenvalue weighted by Gasteiger charge is 2.15. The molecule has 16 heavy (non-hydrogen) atoms. The van der Waals surface area contributed by atoms with E-state index in [1.54, 1.807) is 25.1 Å². The van der Waals surface area contributed by atoms with E-state index in [2.05, 4.69) is 15.9 Å². The first-order valence-corrected chi connectivity index (χ1v) is 5.44. The van der Waals surface area contributed by atoms with Crippen molar-refractivity contribution in [1.82, 2.24) is 0 Å². The minimum absolute atomic E-state index is 0.124. The van der Waals surface area contributed by atoms with Gasteiger partial charge in [0.05, 0.1) is 12.3 Å². The zero-order chi connectivity index (χ0) is 12.3. The molecule has 0 saturated carbocycles. The highest BCUT2D eigenvalue weighted by atomic mass is 79.9. The summed E-state index contributed by atoms with van der Waals surface area (Å²) >= 11 is 3.23. The van der Waals surface area contributed by atoms with Crippen molar-refractivity contribution in [2.45, 2.75) is 19.3 Å². The number of benzene rings is 1. The number of hydrogen-bond acceptors (Lipinski definition) is 2. The number of carbonyl (C=O) groups is 2. The number of halogens is 1. The van der Waals surface area contributed by atoms with Crippen molar-refractivity contribution in [1.29, 1.82) is 0 Å². The molecule has 1 unspecified atom stereocenters. The van der Waals surface area contributed by atoms with Crippen LogP contribution in [0, 0.1) is 0 Å². The molecule has 0 aliphatic heterocycles. The first kappa shape index (κ1) is 12.7. The molecule has 0 aliphatic rings. The van der Waals surface area contributed by atoms with Crippen LogP contribution < -0.4 is 0 Å². The van der Waals surface area contributed by atoms with Gasteiger partial charge in [0.1, 0.15) is 0 Å². The Hall–Kier alpha value is -1.36. The third-order valence-corrected chi connectivity index (χ3v) is 3.06. The second-order valence-electron chi connectivity index (χ2n) is 3.48. The molecule has 0 fully saturated rings. The quantitative estimate of drug-likeness (QED) is 0.890. The van der Waals surface area contributed by atoms with Crippen molar-refractivity contribution in [2.24, 2.45) is 0 Å². The van der Waals surface area contributed by atoms with Crippen molar-refractivity contribution in [3.05, 3.63) is 33.8 Å². The molecule has 0 radical (unpaired) electrons. The fourth-order valence-electron chi connectivity index (χ4n) is 1.30. The number of rotatable bonds is 4. The normalized spacial score (nSPS) is 12.1. The van der Waals surface area contributed by atoms with Crippen LogP contribution in [0.25, 0.3) is 0 Å². The fourth-order valence-corrected chi connectivity index (χ4v) is 1.69. The number of hydrogen-bond donors (Lipinski definition) is 2. The molecule has 0 bridgehead atoms. The zero-order valence-corrected chi connectivity index (χ0v) is 10.2. The smallest absolute Gasteiger partial charge is 0.310 e. The van der Waals surface area contributed by atoms with Crippen LogP contribution in [0.5, 0.6) is 0 Å². The first-order chi connectivity index (χ1) is 7.41. The largest absolute Gasteiger partial charge is 0.481 e. The van der Waals surface area contributed by atoms with Crippen molar-refractivity contribution >= 4 is 27.9 Å². The molecule has 4 nitrogen and oxygen atoms in total. The van der Waals surface area contributed by atoms with Gasteiger partial charge in [0, 0.05) is 4.47 Å². The summed E-state index contributed by atoms with van der Waals surface area (Å²) in [7, 11) is 0. The summed E-state index contributed by atoms with van der Waals surface area (Å²) in [4.78, 5) is 21.4. The van der Waals surface area contributed by atoms with E-state index in [9.17, 15) is 9.59 Å². The van der Waals surface area contributed by atoms with Crippen molar-refractivity contribution in [3.8, 4) is 0 Å². The van der Waals surface area contributed by atoms with Gasteiger partial charge in [-0.2, -0.15) is 0 Å². The van der Waals surface area contributed by atoms with Gasteiger partial charge in [0.25, 0.3) is 0 Å². The molecule has 1 atom stereocenters. The van der Waals surface area contributed by atoms with Gasteiger partial charge in [0.2, 0.25) is 0 Å². The molecule has 0 amide bonds. The fraction of sp³-hybridized carbons (Fsp3) is 0.273. The monoisotopic (exact) mass is 286 g/mol. The van der Waals surface area contributed by atoms with Gasteiger partial charge in [-0.15, -0.1) is 0 Å². The molecular weight excluding hydrogens is 276 g/mol. The van der Waals surface area contributed by atoms with Crippen LogP contribution in [0.4, 0.5) is 0 Å². The van der Waals surface area contributed by atoms with E-state index >= 15 is 0 Å². The lowest BCUT2D eigenvalue weighted by Gasteiger charge is -2.09. The molecule has 2 N–H and O–H groups in total. The summed E-state index contributed by atoms with van der Waals surface area (Å²) < 4.78 is 0.677. The van der Waals surface area contributed by atoms with E-state index in [4.69, 9.17) is 10.2 Å². The van der Waals surface area contributed by atoms with Gasteiger partial charge in [-0.1, -0.05) is 28.1 Å². The van der Waals surface area contributed by atoms with Gasteiger partial charge >= 0.3 is 11.9 Å². The maximum absolute atomic E-state index is 10.8. The zero-order valence-electron chi connectivity index (χ0n) is 8.61. The van der Waals surface area contributed by atoms with Crippen LogP contribution in [0.2, 0.25) is 0 Å². The Morgan fingerprint density at radius 3 is 2.50 bits per heavy atom. The summed E-state index contributed by atoms with van der Waals surface area (Å²) in [6.45, 7) is 1.57. The second kappa shape index (κ2) is 5.12. The molecule has 0 saturated heterocycles. The average molecular weight is 287 g/mol. The molecular formula is C11H11BrO4. The summed E-state index contributed by atoms with van der Waals surface area (Å²) in [6, 6.07) is 4.96. The maximum Gasteiger partial charge on any atom is 0.310 e. The Labute approximate surface area is 101 Å². The van der Waals surface area contributed by atoms with Crippen LogP contribution in [0.15, 0.2) is 22.7 Å². The lowest BCUT2D eigenvalue weighted by molar-refractivity contribution is -0.138. The van der Waals surface area contributed by atoms with E-state index in [0.717, 1.165) is 0 Å². The number of carboxylic acids is 2. The van der Waals surface area contributed by atoms with Gasteiger partial charge in [0.15, 0.2) is 0 Å². The molecule has 1 aromatic carbocycles. The highest BCUT2D eigenvalue weighted by molar-refractivity contribution is 9.10. The minimum Gasteiger partial charge on any atom is -0.481 e. The topological polar surface area (TPSA) is 74.6 Å². The highest BCUT2D eigenvalue weighted by Crippen LogP contribution is 2.23. The number of aliphatic carboxylic acids is 2. The lowest BCUT2D eigenvalue weighted by atomic mass is 9.98. The Kier molecular flexibility index (Phi) is 4.06. The Bertz CT molecular complexity index is 428. The molecule has 5 heteroatoms. The SMILES string of the molecule is CC(C(=O)O)c1ccc(Br)c(CC(=O)O)c1. The van der Waals surface area contributed by atoms with Gasteiger partial charge in [-0.05, 0) is 24.1 Å². The first-order valence-electron chi connectivity index (χ1n) is 4.64. The Balaban J connectivity index is 3.06. The minimum atomic E-state index is -0.944. The molecule has 0 aromatic heterocycles. The van der Waals surface area contributed by atoms with Gasteiger partial charge in [-0.25, -0.2) is 0 Å². The summed E-state index contributed by atoms with van der Waals surface area (Å²) in [5.41, 5.74) is 1.19. The second-order valence-corrected chi connectivity index (χ2v) is 4.34. The third kappa shape index (κ3) is 3.06. The molecule has 86 valence electrons. The van der Waals surface area contributed by atoms with Crippen LogP contribution in [0.1, 0.15) is 24.0 Å². The van der Waals surface area contributed by atoms with Crippen molar-refractivity contribution in [3.63, 3.8) is 0 Å². The average Bonchev–Trinajstić information content (AvgIpc) is 2.19. The Morgan fingerprint density at radius 1 is 1.38 bits per heavy atom. The molecule has 0 spiro atoms. The molecule has 1 rings (SSSR count). The van der Waals surface area contributed by atoms with Crippen LogP contribution in [-0.2, 0) is 16.0 Å². The van der Waals surface area contributed by atoms with Crippen LogP contribution in [0.3, 0.4) is 0 Å². The summed E-state index contributed by atoms with van der Waals surface area (Å²) in [5, 5.41) is 17.5. The summed E-state index contributed by atoms with van der Waals surface area (Å²) in [5.74, 6) is -2.51. The maximum atomic E-state index is 10.8. The predicted molar refractivity (Wildman–Crippen MR) is 61.5 cm³/mol. The standard InChI is InChI=1S/C11H11BrO4/c1-6(11(15)16)7-2-3-9(12)8(4-7)5-10(13)14/h2-4,6H,5H2,1H3,(H,13,14)(H,15,16). The van der Waals surface area contributed by atoms with E-state index in [0.29, 0.717) is 15.6 Å². The lowest BCUT2D eigenvalue weighted by Crippen LogP contribution is -2.09. The van der Waals surface area contributed by atoms with E-state index < -0.39 is 17.9 Å². The Morgan fingerprint density at radius 2 is 2.00 bits per heavy atom. The molecule has 1 aromatic rings. The van der Waals surface area contributed by atoms with Crippen molar-refractivity contribution in [2.75, 3.05) is 0 Å². The third-order valence-electron chi connectivity index (χ3n) is 2.28. The van der Waals surface area contributed by atoms with Crippen LogP contribution in [-0.4, -0.2) is 22.2 Å². The molecule has 0 heterocycles. The number of carboxylic acid groups (broad SMARTS) is 2. The van der Waals surface area contributed by atoms with E-state index in [1.165, 1.54) is 0 Å².